The summed E-state index contributed by atoms with van der Waals surface area (Å²) in [6.07, 6.45) is 4.43. The van der Waals surface area contributed by atoms with Crippen LogP contribution in [0.5, 0.6) is 0 Å². The van der Waals surface area contributed by atoms with Crippen molar-refractivity contribution in [3.63, 3.8) is 0 Å². The number of benzene rings is 1. The highest BCUT2D eigenvalue weighted by atomic mass is 16.5. The van der Waals surface area contributed by atoms with Gasteiger partial charge in [-0.2, -0.15) is 0 Å². The number of nitrogens with one attached hydrogen (secondary N) is 3. The van der Waals surface area contributed by atoms with Gasteiger partial charge >= 0.3 is 6.03 Å². The van der Waals surface area contributed by atoms with Crippen molar-refractivity contribution in [3.8, 4) is 0 Å². The normalized spacial score (nSPS) is 24.1. The molecule has 1 aliphatic heterocycles. The van der Waals surface area contributed by atoms with Gasteiger partial charge in [0.05, 0.1) is 25.2 Å². The topological polar surface area (TPSA) is 99.7 Å². The van der Waals surface area contributed by atoms with Crippen LogP contribution in [-0.2, 0) is 22.4 Å². The summed E-state index contributed by atoms with van der Waals surface area (Å²) < 4.78 is 5.81. The van der Waals surface area contributed by atoms with Crippen LogP contribution < -0.4 is 16.0 Å². The number of urea groups is 1. The lowest BCUT2D eigenvalue weighted by Gasteiger charge is -2.32. The summed E-state index contributed by atoms with van der Waals surface area (Å²) >= 11 is 0. The van der Waals surface area contributed by atoms with Crippen LogP contribution in [0.25, 0.3) is 0 Å². The van der Waals surface area contributed by atoms with Crippen LogP contribution in [0.1, 0.15) is 31.4 Å². The Morgan fingerprint density at radius 1 is 1.14 bits per heavy atom. The van der Waals surface area contributed by atoms with Gasteiger partial charge < -0.3 is 25.8 Å². The first-order chi connectivity index (χ1) is 13.4. The van der Waals surface area contributed by atoms with E-state index >= 15 is 0 Å². The molecule has 3 rings (SSSR count). The largest absolute Gasteiger partial charge is 0.394 e. The van der Waals surface area contributed by atoms with Crippen molar-refractivity contribution < 1.29 is 19.4 Å². The van der Waals surface area contributed by atoms with E-state index in [-0.39, 0.29) is 37.0 Å². The SMILES string of the molecule is CC(C)NC(=O)N[C@@H]1C=C[C@H](CC(=O)NC2Cc3ccccc3C2)O[C@H]1CO. The molecule has 0 unspecified atom stereocenters. The third kappa shape index (κ3) is 5.33. The molecule has 3 atom stereocenters. The zero-order chi connectivity index (χ0) is 20.1. The van der Waals surface area contributed by atoms with Crippen molar-refractivity contribution in [1.82, 2.24) is 16.0 Å². The number of rotatable bonds is 6. The second-order valence-electron chi connectivity index (χ2n) is 7.72. The molecule has 28 heavy (non-hydrogen) atoms. The number of aliphatic hydroxyl groups is 1. The highest BCUT2D eigenvalue weighted by molar-refractivity contribution is 5.77. The second kappa shape index (κ2) is 9.21. The second-order valence-corrected chi connectivity index (χ2v) is 7.72. The Balaban J connectivity index is 1.49. The van der Waals surface area contributed by atoms with E-state index in [1.807, 2.05) is 26.0 Å². The predicted octanol–water partition coefficient (Wildman–Crippen LogP) is 1.05. The lowest BCUT2D eigenvalue weighted by molar-refractivity contribution is -0.125. The van der Waals surface area contributed by atoms with Crippen molar-refractivity contribution >= 4 is 11.9 Å². The van der Waals surface area contributed by atoms with Gasteiger partial charge in [0.1, 0.15) is 6.10 Å². The molecule has 0 radical (unpaired) electrons. The molecule has 0 aromatic heterocycles. The number of carbonyl (C=O) groups excluding carboxylic acids is 2. The van der Waals surface area contributed by atoms with E-state index in [2.05, 4.69) is 28.1 Å². The predicted molar refractivity (Wildman–Crippen MR) is 106 cm³/mol. The third-order valence-electron chi connectivity index (χ3n) is 4.98. The van der Waals surface area contributed by atoms with Gasteiger partial charge in [0.25, 0.3) is 0 Å². The fraction of sp³-hybridized carbons (Fsp3) is 0.524. The molecule has 7 heteroatoms. The minimum absolute atomic E-state index is 0.0132. The van der Waals surface area contributed by atoms with Crippen molar-refractivity contribution in [1.29, 1.82) is 0 Å². The zero-order valence-corrected chi connectivity index (χ0v) is 16.4. The van der Waals surface area contributed by atoms with Crippen LogP contribution in [0.3, 0.4) is 0 Å². The van der Waals surface area contributed by atoms with Crippen molar-refractivity contribution in [2.45, 2.75) is 63.4 Å². The molecule has 1 aromatic rings. The standard InChI is InChI=1S/C21H29N3O4/c1-13(2)22-21(27)24-18-8-7-17(28-19(18)12-25)11-20(26)23-16-9-14-5-3-4-6-15(14)10-16/h3-8,13,16-19,25H,9-12H2,1-2H3,(H,23,26)(H2,22,24,27)/t17-,18-,19+/m1/s1. The summed E-state index contributed by atoms with van der Waals surface area (Å²) in [4.78, 5) is 24.3. The first kappa shape index (κ1) is 20.4. The molecule has 0 spiro atoms. The Bertz CT molecular complexity index is 709. The maximum absolute atomic E-state index is 12.4. The van der Waals surface area contributed by atoms with E-state index in [9.17, 15) is 14.7 Å². The maximum Gasteiger partial charge on any atom is 0.315 e. The van der Waals surface area contributed by atoms with Crippen molar-refractivity contribution in [2.24, 2.45) is 0 Å². The van der Waals surface area contributed by atoms with E-state index in [0.29, 0.717) is 0 Å². The number of hydrogen-bond acceptors (Lipinski definition) is 4. The fourth-order valence-corrected chi connectivity index (χ4v) is 3.72. The van der Waals surface area contributed by atoms with Crippen LogP contribution in [-0.4, -0.2) is 54.0 Å². The molecule has 0 saturated heterocycles. The van der Waals surface area contributed by atoms with Crippen LogP contribution in [0.15, 0.2) is 36.4 Å². The number of carbonyl (C=O) groups is 2. The Labute approximate surface area is 165 Å². The number of amides is 3. The van der Waals surface area contributed by atoms with Crippen LogP contribution >= 0.6 is 0 Å². The van der Waals surface area contributed by atoms with Crippen molar-refractivity contribution in [3.05, 3.63) is 47.5 Å². The Kier molecular flexibility index (Phi) is 6.70. The van der Waals surface area contributed by atoms with Crippen molar-refractivity contribution in [2.75, 3.05) is 6.61 Å². The number of ether oxygens (including phenoxy) is 1. The van der Waals surface area contributed by atoms with Crippen LogP contribution in [0.2, 0.25) is 0 Å². The van der Waals surface area contributed by atoms with Gasteiger partial charge in [-0.1, -0.05) is 36.4 Å². The van der Waals surface area contributed by atoms with Gasteiger partial charge in [-0.15, -0.1) is 0 Å². The molecule has 0 fully saturated rings. The molecule has 1 aliphatic carbocycles. The molecule has 7 nitrogen and oxygen atoms in total. The Morgan fingerprint density at radius 2 is 1.82 bits per heavy atom. The fourth-order valence-electron chi connectivity index (χ4n) is 3.72. The summed E-state index contributed by atoms with van der Waals surface area (Å²) in [5, 5.41) is 18.2. The lowest BCUT2D eigenvalue weighted by Crippen LogP contribution is -2.52. The van der Waals surface area contributed by atoms with Gasteiger partial charge in [0.2, 0.25) is 5.91 Å². The summed E-state index contributed by atoms with van der Waals surface area (Å²) in [7, 11) is 0. The molecule has 3 amide bonds. The molecule has 152 valence electrons. The third-order valence-corrected chi connectivity index (χ3v) is 4.98. The van der Waals surface area contributed by atoms with Crippen LogP contribution in [0, 0.1) is 0 Å². The Hall–Kier alpha value is -2.38. The van der Waals surface area contributed by atoms with Gasteiger partial charge in [-0.05, 0) is 37.8 Å². The van der Waals surface area contributed by atoms with E-state index < -0.39 is 18.2 Å². The summed E-state index contributed by atoms with van der Waals surface area (Å²) in [5.41, 5.74) is 2.58. The first-order valence-corrected chi connectivity index (χ1v) is 9.82. The van der Waals surface area contributed by atoms with Gasteiger partial charge in [-0.3, -0.25) is 4.79 Å². The molecular weight excluding hydrogens is 358 g/mol. The lowest BCUT2D eigenvalue weighted by atomic mass is 10.0. The van der Waals surface area contributed by atoms with E-state index in [4.69, 9.17) is 4.74 Å². The Morgan fingerprint density at radius 3 is 2.43 bits per heavy atom. The highest BCUT2D eigenvalue weighted by Crippen LogP contribution is 2.22. The molecule has 0 bridgehead atoms. The van der Waals surface area contributed by atoms with E-state index in [1.54, 1.807) is 12.2 Å². The van der Waals surface area contributed by atoms with Gasteiger partial charge in [0, 0.05) is 12.1 Å². The number of hydrogen-bond donors (Lipinski definition) is 4. The van der Waals surface area contributed by atoms with E-state index in [1.165, 1.54) is 11.1 Å². The quantitative estimate of drug-likeness (QED) is 0.548. The number of fused-ring (bicyclic) bond motifs is 1. The maximum atomic E-state index is 12.4. The molecule has 1 heterocycles. The minimum atomic E-state index is -0.587. The molecule has 0 saturated carbocycles. The average Bonchev–Trinajstić information content (AvgIpc) is 3.04. The van der Waals surface area contributed by atoms with Crippen LogP contribution in [0.4, 0.5) is 4.79 Å². The molecule has 4 N–H and O–H groups in total. The minimum Gasteiger partial charge on any atom is -0.394 e. The zero-order valence-electron chi connectivity index (χ0n) is 16.4. The molecule has 2 aliphatic rings. The highest BCUT2D eigenvalue weighted by Gasteiger charge is 2.30. The van der Waals surface area contributed by atoms with E-state index in [0.717, 1.165) is 12.8 Å². The van der Waals surface area contributed by atoms with Gasteiger partial charge in [0.15, 0.2) is 0 Å². The number of aliphatic hydroxyl groups excluding tert-OH is 1. The summed E-state index contributed by atoms with van der Waals surface area (Å²) in [6.45, 7) is 3.49. The summed E-state index contributed by atoms with van der Waals surface area (Å²) in [5.74, 6) is -0.0758. The average molecular weight is 387 g/mol. The summed E-state index contributed by atoms with van der Waals surface area (Å²) in [6, 6.07) is 7.61. The van der Waals surface area contributed by atoms with Gasteiger partial charge in [-0.25, -0.2) is 4.79 Å². The first-order valence-electron chi connectivity index (χ1n) is 9.82. The molecule has 1 aromatic carbocycles. The molecular formula is C21H29N3O4. The smallest absolute Gasteiger partial charge is 0.315 e. The monoisotopic (exact) mass is 387 g/mol.